The summed E-state index contributed by atoms with van der Waals surface area (Å²) >= 11 is 0. The van der Waals surface area contributed by atoms with E-state index in [0.29, 0.717) is 0 Å². The van der Waals surface area contributed by atoms with Crippen LogP contribution in [0.4, 0.5) is 0 Å². The summed E-state index contributed by atoms with van der Waals surface area (Å²) in [6.45, 7) is 2.01. The van der Waals surface area contributed by atoms with E-state index in [9.17, 15) is 9.59 Å². The molecule has 0 fully saturated rings. The maximum atomic E-state index is 11.4. The largest absolute Gasteiger partial charge is 0.347 e. The Bertz CT molecular complexity index is 486. The van der Waals surface area contributed by atoms with Crippen LogP contribution in [-0.2, 0) is 4.74 Å². The molecule has 1 aliphatic rings. The number of nitrogens with zero attached hydrogens (tertiary/aromatic N) is 1. The van der Waals surface area contributed by atoms with Crippen LogP contribution in [0.2, 0.25) is 0 Å². The molecule has 2 heterocycles. The van der Waals surface area contributed by atoms with Gasteiger partial charge in [0, 0.05) is 12.3 Å². The summed E-state index contributed by atoms with van der Waals surface area (Å²) in [5.74, 6) is 0. The third-order valence-corrected chi connectivity index (χ3v) is 2.33. The van der Waals surface area contributed by atoms with Crippen LogP contribution in [0.25, 0.3) is 0 Å². The van der Waals surface area contributed by atoms with Crippen molar-refractivity contribution < 1.29 is 4.74 Å². The van der Waals surface area contributed by atoms with Crippen molar-refractivity contribution in [3.8, 4) is 0 Å². The number of aromatic nitrogens is 2. The number of rotatable bonds is 2. The Hall–Kier alpha value is -1.62. The first-order chi connectivity index (χ1) is 7.20. The molecule has 2 atom stereocenters. The Labute approximate surface area is 86.0 Å². The van der Waals surface area contributed by atoms with Crippen molar-refractivity contribution in [2.24, 2.45) is 0 Å². The predicted octanol–water partition coefficient (Wildman–Crippen LogP) is 0.400. The van der Waals surface area contributed by atoms with Gasteiger partial charge in [0.2, 0.25) is 0 Å². The Morgan fingerprint density at radius 2 is 2.27 bits per heavy atom. The third kappa shape index (κ3) is 1.92. The van der Waals surface area contributed by atoms with E-state index in [1.165, 1.54) is 16.8 Å². The Morgan fingerprint density at radius 3 is 2.87 bits per heavy atom. The molecule has 1 aliphatic heterocycles. The molecule has 80 valence electrons. The van der Waals surface area contributed by atoms with Crippen LogP contribution >= 0.6 is 0 Å². The molecule has 5 nitrogen and oxygen atoms in total. The van der Waals surface area contributed by atoms with Gasteiger partial charge in [-0.05, 0) is 12.5 Å². The zero-order chi connectivity index (χ0) is 10.8. The summed E-state index contributed by atoms with van der Waals surface area (Å²) in [5, 5.41) is 0. The van der Waals surface area contributed by atoms with E-state index in [4.69, 9.17) is 4.74 Å². The van der Waals surface area contributed by atoms with Crippen molar-refractivity contribution in [1.29, 1.82) is 0 Å². The number of aromatic amines is 1. The Morgan fingerprint density at radius 1 is 1.47 bits per heavy atom. The van der Waals surface area contributed by atoms with E-state index in [1.54, 1.807) is 0 Å². The SMILES string of the molecule is CC[C@@H]1C=C[C@H](n2ccc(=O)[nH]c2=O)O1. The van der Waals surface area contributed by atoms with Gasteiger partial charge in [0.05, 0.1) is 6.10 Å². The van der Waals surface area contributed by atoms with Crippen LogP contribution in [0.1, 0.15) is 19.6 Å². The number of hydrogen-bond acceptors (Lipinski definition) is 3. The highest BCUT2D eigenvalue weighted by molar-refractivity contribution is 5.01. The highest BCUT2D eigenvalue weighted by Gasteiger charge is 2.19. The summed E-state index contributed by atoms with van der Waals surface area (Å²) in [6.07, 6.45) is 5.68. The van der Waals surface area contributed by atoms with Gasteiger partial charge >= 0.3 is 5.69 Å². The van der Waals surface area contributed by atoms with Gasteiger partial charge in [-0.3, -0.25) is 14.3 Å². The van der Waals surface area contributed by atoms with Crippen LogP contribution in [0.3, 0.4) is 0 Å². The lowest BCUT2D eigenvalue weighted by Gasteiger charge is -2.14. The minimum atomic E-state index is -0.450. The first kappa shape index (κ1) is 9.92. The van der Waals surface area contributed by atoms with Crippen molar-refractivity contribution in [2.75, 3.05) is 0 Å². The summed E-state index contributed by atoms with van der Waals surface area (Å²) in [7, 11) is 0. The number of hydrogen-bond donors (Lipinski definition) is 1. The summed E-state index contributed by atoms with van der Waals surface area (Å²) in [5.41, 5.74) is -0.848. The highest BCUT2D eigenvalue weighted by atomic mass is 16.5. The lowest BCUT2D eigenvalue weighted by molar-refractivity contribution is 0.0141. The molecule has 1 aromatic rings. The maximum Gasteiger partial charge on any atom is 0.330 e. The number of nitrogens with one attached hydrogen (secondary N) is 1. The molecule has 0 radical (unpaired) electrons. The molecular formula is C10H12N2O3. The first-order valence-corrected chi connectivity index (χ1v) is 4.86. The molecule has 0 spiro atoms. The highest BCUT2D eigenvalue weighted by Crippen LogP contribution is 2.20. The fourth-order valence-electron chi connectivity index (χ4n) is 1.51. The lowest BCUT2D eigenvalue weighted by Crippen LogP contribution is -2.31. The second-order valence-electron chi connectivity index (χ2n) is 3.38. The van der Waals surface area contributed by atoms with Crippen molar-refractivity contribution in [3.05, 3.63) is 45.3 Å². The average Bonchev–Trinajstić information content (AvgIpc) is 2.66. The topological polar surface area (TPSA) is 64.1 Å². The molecule has 5 heteroatoms. The van der Waals surface area contributed by atoms with E-state index in [0.717, 1.165) is 6.42 Å². The Kier molecular flexibility index (Phi) is 2.55. The van der Waals surface area contributed by atoms with E-state index < -0.39 is 17.5 Å². The average molecular weight is 208 g/mol. The van der Waals surface area contributed by atoms with Crippen LogP contribution in [0, 0.1) is 0 Å². The molecule has 2 rings (SSSR count). The van der Waals surface area contributed by atoms with E-state index in [-0.39, 0.29) is 6.10 Å². The van der Waals surface area contributed by atoms with Gasteiger partial charge < -0.3 is 4.74 Å². The zero-order valence-corrected chi connectivity index (χ0v) is 8.34. The van der Waals surface area contributed by atoms with Crippen LogP contribution < -0.4 is 11.2 Å². The van der Waals surface area contributed by atoms with Crippen molar-refractivity contribution in [2.45, 2.75) is 25.7 Å². The molecule has 1 aromatic heterocycles. The van der Waals surface area contributed by atoms with Gasteiger partial charge in [0.25, 0.3) is 5.56 Å². The second-order valence-corrected chi connectivity index (χ2v) is 3.38. The molecule has 0 amide bonds. The first-order valence-electron chi connectivity index (χ1n) is 4.86. The smallest absolute Gasteiger partial charge is 0.330 e. The molecule has 15 heavy (non-hydrogen) atoms. The van der Waals surface area contributed by atoms with Crippen molar-refractivity contribution in [1.82, 2.24) is 9.55 Å². The van der Waals surface area contributed by atoms with Crippen LogP contribution in [0.15, 0.2) is 34.0 Å². The van der Waals surface area contributed by atoms with Crippen LogP contribution in [0.5, 0.6) is 0 Å². The normalized spacial score (nSPS) is 24.6. The van der Waals surface area contributed by atoms with Gasteiger partial charge in [-0.25, -0.2) is 4.79 Å². The van der Waals surface area contributed by atoms with Crippen LogP contribution in [-0.4, -0.2) is 15.7 Å². The van der Waals surface area contributed by atoms with Gasteiger partial charge in [0.1, 0.15) is 0 Å². The van der Waals surface area contributed by atoms with E-state index in [1.807, 2.05) is 19.1 Å². The molecule has 0 unspecified atom stereocenters. The molecular weight excluding hydrogens is 196 g/mol. The summed E-state index contributed by atoms with van der Waals surface area (Å²) < 4.78 is 6.90. The standard InChI is InChI=1S/C10H12N2O3/c1-2-7-3-4-9(15-7)12-6-5-8(13)11-10(12)14/h3-7,9H,2H2,1H3,(H,11,13,14)/t7-,9-/m1/s1. The monoisotopic (exact) mass is 208 g/mol. The van der Waals surface area contributed by atoms with Gasteiger partial charge in [-0.1, -0.05) is 13.0 Å². The fourth-order valence-corrected chi connectivity index (χ4v) is 1.51. The van der Waals surface area contributed by atoms with Gasteiger partial charge in [-0.2, -0.15) is 0 Å². The third-order valence-electron chi connectivity index (χ3n) is 2.33. The van der Waals surface area contributed by atoms with Crippen molar-refractivity contribution >= 4 is 0 Å². The molecule has 1 N–H and O–H groups in total. The molecule has 0 bridgehead atoms. The predicted molar refractivity (Wildman–Crippen MR) is 54.7 cm³/mol. The van der Waals surface area contributed by atoms with Gasteiger partial charge in [0.15, 0.2) is 6.23 Å². The maximum absolute atomic E-state index is 11.4. The Balaban J connectivity index is 2.29. The lowest BCUT2D eigenvalue weighted by atomic mass is 10.3. The number of H-pyrrole nitrogens is 1. The van der Waals surface area contributed by atoms with E-state index >= 15 is 0 Å². The molecule has 0 saturated heterocycles. The van der Waals surface area contributed by atoms with E-state index in [2.05, 4.69) is 4.98 Å². The van der Waals surface area contributed by atoms with Gasteiger partial charge in [-0.15, -0.1) is 0 Å². The van der Waals surface area contributed by atoms with Crippen molar-refractivity contribution in [3.63, 3.8) is 0 Å². The second kappa shape index (κ2) is 3.86. The quantitative estimate of drug-likeness (QED) is 0.715. The minimum Gasteiger partial charge on any atom is -0.347 e. The summed E-state index contributed by atoms with van der Waals surface area (Å²) in [4.78, 5) is 24.5. The zero-order valence-electron chi connectivity index (χ0n) is 8.34. The number of ether oxygens (including phenoxy) is 1. The summed E-state index contributed by atoms with van der Waals surface area (Å²) in [6, 6.07) is 1.30. The molecule has 0 aliphatic carbocycles. The molecule has 0 aromatic carbocycles. The fraction of sp³-hybridized carbons (Fsp3) is 0.400. The minimum absolute atomic E-state index is 0.0498. The molecule has 0 saturated carbocycles.